The van der Waals surface area contributed by atoms with Crippen LogP contribution in [-0.2, 0) is 11.3 Å². The molecule has 2 N–H and O–H groups in total. The lowest BCUT2D eigenvalue weighted by molar-refractivity contribution is -0.134. The lowest BCUT2D eigenvalue weighted by Gasteiger charge is -2.27. The minimum Gasteiger partial charge on any atom is -0.334 e. The van der Waals surface area contributed by atoms with Gasteiger partial charge in [-0.3, -0.25) is 4.79 Å². The quantitative estimate of drug-likeness (QED) is 0.878. The zero-order valence-electron chi connectivity index (χ0n) is 13.5. The van der Waals surface area contributed by atoms with Crippen LogP contribution in [0.1, 0.15) is 25.6 Å². The summed E-state index contributed by atoms with van der Waals surface area (Å²) in [7, 11) is 0. The molecular formula is C17H22ClFN2OS. The first kappa shape index (κ1) is 19.6. The number of hydrogen-bond acceptors (Lipinski definition) is 3. The molecule has 0 aliphatic heterocycles. The Morgan fingerprint density at radius 1 is 1.26 bits per heavy atom. The molecule has 0 saturated carbocycles. The third-order valence-corrected chi connectivity index (χ3v) is 4.51. The van der Waals surface area contributed by atoms with Crippen LogP contribution in [0.4, 0.5) is 4.39 Å². The Hall–Kier alpha value is -1.43. The van der Waals surface area contributed by atoms with Crippen LogP contribution in [0.3, 0.4) is 0 Å². The van der Waals surface area contributed by atoms with E-state index in [-0.39, 0.29) is 30.2 Å². The van der Waals surface area contributed by atoms with Gasteiger partial charge in [-0.15, -0.1) is 23.7 Å². The average molecular weight is 357 g/mol. The Kier molecular flexibility index (Phi) is 7.19. The summed E-state index contributed by atoms with van der Waals surface area (Å²) in [6.07, 6.45) is 0. The number of amides is 1. The fourth-order valence-corrected chi connectivity index (χ4v) is 3.21. The minimum atomic E-state index is -0.509. The summed E-state index contributed by atoms with van der Waals surface area (Å²) in [5.74, 6) is -0.306. The molecule has 0 saturated heterocycles. The summed E-state index contributed by atoms with van der Waals surface area (Å²) >= 11 is 1.57. The number of rotatable bonds is 5. The third-order valence-electron chi connectivity index (χ3n) is 3.39. The fraction of sp³-hybridized carbons (Fsp3) is 0.353. The van der Waals surface area contributed by atoms with Gasteiger partial charge in [0.05, 0.1) is 12.6 Å². The number of thiophene rings is 1. The van der Waals surface area contributed by atoms with Crippen LogP contribution >= 0.6 is 23.7 Å². The van der Waals surface area contributed by atoms with Crippen molar-refractivity contribution in [3.05, 3.63) is 47.1 Å². The van der Waals surface area contributed by atoms with Crippen molar-refractivity contribution in [2.24, 2.45) is 5.73 Å². The third kappa shape index (κ3) is 5.03. The molecular weight excluding hydrogens is 335 g/mol. The predicted octanol–water partition coefficient (Wildman–Crippen LogP) is 4.06. The first-order valence-corrected chi connectivity index (χ1v) is 8.11. The molecule has 6 heteroatoms. The largest absolute Gasteiger partial charge is 0.334 e. The second-order valence-electron chi connectivity index (χ2n) is 5.62. The van der Waals surface area contributed by atoms with Gasteiger partial charge in [0.15, 0.2) is 0 Å². The molecule has 126 valence electrons. The SMILES string of the molecule is CC(C)N(Cc1ccc(-c2cccc(F)c2)s1)C(=O)[C@H](C)N.Cl. The molecule has 1 aromatic heterocycles. The number of nitrogens with two attached hydrogens (primary N) is 1. The van der Waals surface area contributed by atoms with Gasteiger partial charge in [-0.25, -0.2) is 4.39 Å². The van der Waals surface area contributed by atoms with Gasteiger partial charge in [0, 0.05) is 15.8 Å². The summed E-state index contributed by atoms with van der Waals surface area (Å²) in [4.78, 5) is 16.0. The van der Waals surface area contributed by atoms with Crippen LogP contribution in [0, 0.1) is 5.82 Å². The Balaban J connectivity index is 0.00000264. The maximum absolute atomic E-state index is 13.3. The van der Waals surface area contributed by atoms with Gasteiger partial charge < -0.3 is 10.6 Å². The number of benzene rings is 1. The number of nitrogens with zero attached hydrogens (tertiary/aromatic N) is 1. The fourth-order valence-electron chi connectivity index (χ4n) is 2.20. The van der Waals surface area contributed by atoms with Crippen molar-refractivity contribution in [2.45, 2.75) is 39.4 Å². The Morgan fingerprint density at radius 2 is 1.96 bits per heavy atom. The zero-order chi connectivity index (χ0) is 16.3. The summed E-state index contributed by atoms with van der Waals surface area (Å²) in [6.45, 7) is 6.17. The Bertz CT molecular complexity index is 658. The topological polar surface area (TPSA) is 46.3 Å². The first-order chi connectivity index (χ1) is 10.4. The summed E-state index contributed by atoms with van der Waals surface area (Å²) < 4.78 is 13.3. The van der Waals surface area contributed by atoms with Gasteiger partial charge in [0.2, 0.25) is 5.91 Å². The second-order valence-corrected chi connectivity index (χ2v) is 6.79. The standard InChI is InChI=1S/C17H21FN2OS.ClH/c1-11(2)20(17(21)12(3)19)10-15-7-8-16(22-15)13-5-4-6-14(18)9-13;/h4-9,11-12H,10,19H2,1-3H3;1H/t12-;/m0./s1. The molecule has 0 unspecified atom stereocenters. The molecule has 0 aliphatic rings. The Morgan fingerprint density at radius 3 is 2.52 bits per heavy atom. The molecule has 3 nitrogen and oxygen atoms in total. The van der Waals surface area contributed by atoms with Crippen molar-refractivity contribution in [1.29, 1.82) is 0 Å². The van der Waals surface area contributed by atoms with Gasteiger partial charge in [-0.2, -0.15) is 0 Å². The highest BCUT2D eigenvalue weighted by atomic mass is 35.5. The summed E-state index contributed by atoms with van der Waals surface area (Å²) in [5, 5.41) is 0. The molecule has 2 aromatic rings. The normalized spacial score (nSPS) is 11.9. The van der Waals surface area contributed by atoms with Gasteiger partial charge in [0.25, 0.3) is 0 Å². The predicted molar refractivity (Wildman–Crippen MR) is 96.3 cm³/mol. The number of carbonyl (C=O) groups excluding carboxylic acids is 1. The van der Waals surface area contributed by atoms with Crippen molar-refractivity contribution in [3.8, 4) is 10.4 Å². The molecule has 2 rings (SSSR count). The van der Waals surface area contributed by atoms with E-state index in [1.165, 1.54) is 12.1 Å². The van der Waals surface area contributed by atoms with E-state index >= 15 is 0 Å². The van der Waals surface area contributed by atoms with E-state index in [1.807, 2.05) is 32.0 Å². The van der Waals surface area contributed by atoms with E-state index in [9.17, 15) is 9.18 Å². The van der Waals surface area contributed by atoms with Crippen LogP contribution in [0.2, 0.25) is 0 Å². The average Bonchev–Trinajstić information content (AvgIpc) is 2.92. The number of hydrogen-bond donors (Lipinski definition) is 1. The monoisotopic (exact) mass is 356 g/mol. The maximum atomic E-state index is 13.3. The highest BCUT2D eigenvalue weighted by Gasteiger charge is 2.21. The molecule has 1 heterocycles. The minimum absolute atomic E-state index is 0. The van der Waals surface area contributed by atoms with Crippen LogP contribution in [0.15, 0.2) is 36.4 Å². The highest BCUT2D eigenvalue weighted by Crippen LogP contribution is 2.29. The highest BCUT2D eigenvalue weighted by molar-refractivity contribution is 7.15. The van der Waals surface area contributed by atoms with Crippen molar-refractivity contribution in [2.75, 3.05) is 0 Å². The van der Waals surface area contributed by atoms with Gasteiger partial charge in [-0.05, 0) is 50.6 Å². The van der Waals surface area contributed by atoms with E-state index in [0.717, 1.165) is 15.3 Å². The van der Waals surface area contributed by atoms with Crippen LogP contribution in [0.25, 0.3) is 10.4 Å². The van der Waals surface area contributed by atoms with E-state index in [1.54, 1.807) is 29.2 Å². The van der Waals surface area contributed by atoms with E-state index < -0.39 is 6.04 Å². The molecule has 0 spiro atoms. The maximum Gasteiger partial charge on any atom is 0.239 e. The van der Waals surface area contributed by atoms with Crippen LogP contribution < -0.4 is 5.73 Å². The van der Waals surface area contributed by atoms with E-state index in [0.29, 0.717) is 6.54 Å². The molecule has 1 atom stereocenters. The van der Waals surface area contributed by atoms with Crippen LogP contribution in [0.5, 0.6) is 0 Å². The van der Waals surface area contributed by atoms with E-state index in [2.05, 4.69) is 0 Å². The van der Waals surface area contributed by atoms with Gasteiger partial charge in [0.1, 0.15) is 5.82 Å². The van der Waals surface area contributed by atoms with Crippen molar-refractivity contribution >= 4 is 29.7 Å². The molecule has 0 fully saturated rings. The van der Waals surface area contributed by atoms with Gasteiger partial charge >= 0.3 is 0 Å². The summed E-state index contributed by atoms with van der Waals surface area (Å²) in [5.41, 5.74) is 6.56. The number of halogens is 2. The van der Waals surface area contributed by atoms with Crippen molar-refractivity contribution in [1.82, 2.24) is 4.90 Å². The van der Waals surface area contributed by atoms with Crippen molar-refractivity contribution < 1.29 is 9.18 Å². The van der Waals surface area contributed by atoms with E-state index in [4.69, 9.17) is 5.73 Å². The lowest BCUT2D eigenvalue weighted by atomic mass is 10.2. The molecule has 1 aromatic carbocycles. The lowest BCUT2D eigenvalue weighted by Crippen LogP contribution is -2.44. The first-order valence-electron chi connectivity index (χ1n) is 7.29. The molecule has 0 bridgehead atoms. The molecule has 23 heavy (non-hydrogen) atoms. The molecule has 1 amide bonds. The Labute approximate surface area is 146 Å². The van der Waals surface area contributed by atoms with Gasteiger partial charge in [-0.1, -0.05) is 12.1 Å². The van der Waals surface area contributed by atoms with Crippen molar-refractivity contribution in [3.63, 3.8) is 0 Å². The summed E-state index contributed by atoms with van der Waals surface area (Å²) in [6, 6.07) is 10.0. The number of carbonyl (C=O) groups is 1. The zero-order valence-corrected chi connectivity index (χ0v) is 15.1. The molecule has 0 radical (unpaired) electrons. The second kappa shape index (κ2) is 8.43. The molecule has 0 aliphatic carbocycles. The smallest absolute Gasteiger partial charge is 0.239 e. The van der Waals surface area contributed by atoms with Crippen LogP contribution in [-0.4, -0.2) is 22.9 Å².